The first-order chi connectivity index (χ1) is 11.2. The maximum Gasteiger partial charge on any atom is 0.236 e. The first-order valence-corrected chi connectivity index (χ1v) is 7.76. The maximum absolute atomic E-state index is 12.7. The number of hydrogen-bond acceptors (Lipinski definition) is 4. The lowest BCUT2D eigenvalue weighted by molar-refractivity contribution is -0.121. The fraction of sp³-hybridized carbons (Fsp3) is 0.278. The lowest BCUT2D eigenvalue weighted by Gasteiger charge is -2.39. The van der Waals surface area contributed by atoms with Gasteiger partial charge >= 0.3 is 0 Å². The number of fused-ring (bicyclic) bond motifs is 2. The minimum absolute atomic E-state index is 0.0693. The summed E-state index contributed by atoms with van der Waals surface area (Å²) >= 11 is 0. The first-order valence-electron chi connectivity index (χ1n) is 7.76. The molecule has 3 heterocycles. The van der Waals surface area contributed by atoms with E-state index in [9.17, 15) is 4.79 Å². The van der Waals surface area contributed by atoms with E-state index in [2.05, 4.69) is 21.3 Å². The van der Waals surface area contributed by atoms with Crippen LogP contribution in [-0.2, 0) is 10.2 Å². The molecule has 5 nitrogen and oxygen atoms in total. The van der Waals surface area contributed by atoms with Crippen molar-refractivity contribution in [2.24, 2.45) is 0 Å². The van der Waals surface area contributed by atoms with Gasteiger partial charge in [0.05, 0.1) is 5.41 Å². The van der Waals surface area contributed by atoms with Crippen LogP contribution in [-0.4, -0.2) is 24.0 Å². The van der Waals surface area contributed by atoms with Gasteiger partial charge in [-0.25, -0.2) is 4.98 Å². The van der Waals surface area contributed by atoms with Gasteiger partial charge < -0.3 is 10.2 Å². The Morgan fingerprint density at radius 2 is 2.09 bits per heavy atom. The summed E-state index contributed by atoms with van der Waals surface area (Å²) in [6.07, 6.45) is 1.75. The van der Waals surface area contributed by atoms with Crippen LogP contribution in [0.15, 0.2) is 42.5 Å². The van der Waals surface area contributed by atoms with Gasteiger partial charge in [-0.2, -0.15) is 5.26 Å². The Morgan fingerprint density at radius 1 is 1.22 bits per heavy atom. The Balaban J connectivity index is 1.72. The summed E-state index contributed by atoms with van der Waals surface area (Å²) in [5, 5.41) is 12.1. The fourth-order valence-electron chi connectivity index (χ4n) is 3.69. The molecule has 1 amide bonds. The lowest BCUT2D eigenvalue weighted by Crippen LogP contribution is -2.50. The third-order valence-corrected chi connectivity index (χ3v) is 4.79. The SMILES string of the molecule is N#Cc1cccc(N2CCCC3(C2)C(=O)Nc2ccccc23)n1. The summed E-state index contributed by atoms with van der Waals surface area (Å²) in [5.74, 6) is 0.833. The van der Waals surface area contributed by atoms with Crippen molar-refractivity contribution in [1.29, 1.82) is 5.26 Å². The first kappa shape index (κ1) is 13.8. The number of carbonyl (C=O) groups is 1. The molecule has 2 aliphatic heterocycles. The van der Waals surface area contributed by atoms with Crippen molar-refractivity contribution in [3.63, 3.8) is 0 Å². The largest absolute Gasteiger partial charge is 0.355 e. The normalized spacial score (nSPS) is 22.6. The van der Waals surface area contributed by atoms with E-state index < -0.39 is 5.41 Å². The minimum Gasteiger partial charge on any atom is -0.355 e. The lowest BCUT2D eigenvalue weighted by atomic mass is 9.75. The summed E-state index contributed by atoms with van der Waals surface area (Å²) in [4.78, 5) is 19.2. The molecule has 2 aromatic rings. The number of piperidine rings is 1. The highest BCUT2D eigenvalue weighted by molar-refractivity contribution is 6.06. The van der Waals surface area contributed by atoms with Gasteiger partial charge in [-0.3, -0.25) is 4.79 Å². The van der Waals surface area contributed by atoms with Crippen LogP contribution in [0.25, 0.3) is 0 Å². The van der Waals surface area contributed by atoms with E-state index in [0.717, 1.165) is 36.5 Å². The molecular formula is C18H16N4O. The summed E-state index contributed by atoms with van der Waals surface area (Å²) in [6.45, 7) is 1.44. The Morgan fingerprint density at radius 3 is 2.96 bits per heavy atom. The van der Waals surface area contributed by atoms with Crippen LogP contribution in [0.3, 0.4) is 0 Å². The zero-order valence-electron chi connectivity index (χ0n) is 12.6. The zero-order valence-corrected chi connectivity index (χ0v) is 12.6. The third-order valence-electron chi connectivity index (χ3n) is 4.79. The molecule has 4 rings (SSSR count). The molecule has 0 aliphatic carbocycles. The molecule has 114 valence electrons. The third kappa shape index (κ3) is 2.07. The predicted octanol–water partition coefficient (Wildman–Crippen LogP) is 2.44. The molecule has 0 bridgehead atoms. The van der Waals surface area contributed by atoms with Gasteiger partial charge in [0.15, 0.2) is 0 Å². The quantitative estimate of drug-likeness (QED) is 0.878. The van der Waals surface area contributed by atoms with E-state index in [1.165, 1.54) is 0 Å². The van der Waals surface area contributed by atoms with Crippen molar-refractivity contribution in [2.75, 3.05) is 23.3 Å². The van der Waals surface area contributed by atoms with Gasteiger partial charge in [0.2, 0.25) is 5.91 Å². The molecule has 2 aliphatic rings. The average Bonchev–Trinajstić information content (AvgIpc) is 2.87. The summed E-state index contributed by atoms with van der Waals surface area (Å²) in [6, 6.07) is 15.4. The second-order valence-electron chi connectivity index (χ2n) is 6.10. The summed E-state index contributed by atoms with van der Waals surface area (Å²) in [5.41, 5.74) is 1.88. The molecule has 1 fully saturated rings. The van der Waals surface area contributed by atoms with Crippen LogP contribution in [0.4, 0.5) is 11.5 Å². The zero-order chi connectivity index (χ0) is 15.9. The number of carbonyl (C=O) groups excluding carboxylic acids is 1. The molecule has 1 aromatic carbocycles. The number of para-hydroxylation sites is 1. The van der Waals surface area contributed by atoms with Crippen LogP contribution in [0, 0.1) is 11.3 Å². The summed E-state index contributed by atoms with van der Waals surface area (Å²) < 4.78 is 0. The van der Waals surface area contributed by atoms with E-state index in [0.29, 0.717) is 12.2 Å². The number of benzene rings is 1. The highest BCUT2D eigenvalue weighted by Gasteiger charge is 2.49. The van der Waals surface area contributed by atoms with Crippen LogP contribution in [0.1, 0.15) is 24.1 Å². The van der Waals surface area contributed by atoms with Gasteiger partial charge in [0.25, 0.3) is 0 Å². The molecule has 23 heavy (non-hydrogen) atoms. The van der Waals surface area contributed by atoms with Gasteiger partial charge in [-0.15, -0.1) is 0 Å². The summed E-state index contributed by atoms with van der Waals surface area (Å²) in [7, 11) is 0. The molecule has 0 radical (unpaired) electrons. The van der Waals surface area contributed by atoms with Crippen molar-refractivity contribution in [1.82, 2.24) is 4.98 Å². The molecule has 1 unspecified atom stereocenters. The Kier molecular flexibility index (Phi) is 3.05. The molecule has 1 atom stereocenters. The number of nitriles is 1. The number of nitrogens with zero attached hydrogens (tertiary/aromatic N) is 3. The number of rotatable bonds is 1. The van der Waals surface area contributed by atoms with Crippen molar-refractivity contribution in [3.8, 4) is 6.07 Å². The number of amides is 1. The number of aromatic nitrogens is 1. The van der Waals surface area contributed by atoms with Crippen LogP contribution >= 0.6 is 0 Å². The number of anilines is 2. The minimum atomic E-state index is -0.515. The molecule has 5 heteroatoms. The second-order valence-corrected chi connectivity index (χ2v) is 6.10. The predicted molar refractivity (Wildman–Crippen MR) is 87.1 cm³/mol. The number of hydrogen-bond donors (Lipinski definition) is 1. The van der Waals surface area contributed by atoms with Crippen molar-refractivity contribution in [3.05, 3.63) is 53.7 Å². The van der Waals surface area contributed by atoms with Crippen molar-refractivity contribution >= 4 is 17.4 Å². The van der Waals surface area contributed by atoms with Crippen LogP contribution in [0.2, 0.25) is 0 Å². The van der Waals surface area contributed by atoms with E-state index in [-0.39, 0.29) is 5.91 Å². The topological polar surface area (TPSA) is 69.0 Å². The number of nitrogens with one attached hydrogen (secondary N) is 1. The maximum atomic E-state index is 12.7. The molecule has 1 saturated heterocycles. The van der Waals surface area contributed by atoms with Gasteiger partial charge in [0.1, 0.15) is 17.6 Å². The average molecular weight is 304 g/mol. The van der Waals surface area contributed by atoms with Crippen LogP contribution < -0.4 is 10.2 Å². The fourth-order valence-corrected chi connectivity index (χ4v) is 3.69. The Bertz CT molecular complexity index is 826. The standard InChI is InChI=1S/C18H16N4O/c19-11-13-5-3-8-16(20-13)22-10-4-9-18(12-22)14-6-1-2-7-15(14)21-17(18)23/h1-3,5-8H,4,9-10,12H2,(H,21,23). The van der Waals surface area contributed by atoms with Crippen molar-refractivity contribution in [2.45, 2.75) is 18.3 Å². The van der Waals surface area contributed by atoms with Crippen LogP contribution in [0.5, 0.6) is 0 Å². The monoisotopic (exact) mass is 304 g/mol. The smallest absolute Gasteiger partial charge is 0.236 e. The Hall–Kier alpha value is -2.87. The van der Waals surface area contributed by atoms with Gasteiger partial charge in [0, 0.05) is 18.8 Å². The van der Waals surface area contributed by atoms with E-state index in [4.69, 9.17) is 5.26 Å². The second kappa shape index (κ2) is 5.10. The van der Waals surface area contributed by atoms with Crippen molar-refractivity contribution < 1.29 is 4.79 Å². The Labute approximate surface area is 134 Å². The van der Waals surface area contributed by atoms with Gasteiger partial charge in [-0.1, -0.05) is 24.3 Å². The highest BCUT2D eigenvalue weighted by atomic mass is 16.2. The van der Waals surface area contributed by atoms with E-state index in [1.807, 2.05) is 36.4 Å². The molecule has 0 saturated carbocycles. The van der Waals surface area contributed by atoms with Gasteiger partial charge in [-0.05, 0) is 36.6 Å². The molecule has 1 aromatic heterocycles. The van der Waals surface area contributed by atoms with E-state index >= 15 is 0 Å². The number of pyridine rings is 1. The molecular weight excluding hydrogens is 288 g/mol. The molecule has 1 spiro atoms. The highest BCUT2D eigenvalue weighted by Crippen LogP contribution is 2.44. The van der Waals surface area contributed by atoms with E-state index in [1.54, 1.807) is 6.07 Å². The molecule has 1 N–H and O–H groups in total.